The summed E-state index contributed by atoms with van der Waals surface area (Å²) in [6, 6.07) is 0. The first-order valence-corrected chi connectivity index (χ1v) is 4.56. The maximum absolute atomic E-state index is 11.2. The molecule has 0 radical (unpaired) electrons. The Kier molecular flexibility index (Phi) is 3.23. The monoisotopic (exact) mass is 182 g/mol. The second-order valence-electron chi connectivity index (χ2n) is 3.20. The van der Waals surface area contributed by atoms with E-state index in [0.717, 1.165) is 6.42 Å². The highest BCUT2D eigenvalue weighted by molar-refractivity contribution is 5.94. The van der Waals surface area contributed by atoms with Crippen LogP contribution in [-0.2, 0) is 14.3 Å². The highest BCUT2D eigenvalue weighted by atomic mass is 16.6. The Morgan fingerprint density at radius 1 is 1.62 bits per heavy atom. The molecule has 1 fully saturated rings. The molecule has 0 aliphatic carbocycles. The molecule has 3 nitrogen and oxygen atoms in total. The van der Waals surface area contributed by atoms with Crippen molar-refractivity contribution in [3.05, 3.63) is 12.2 Å². The number of allylic oxidation sites excluding steroid dienone is 2. The number of carbonyl (C=O) groups excluding carboxylic acids is 2. The van der Waals surface area contributed by atoms with Crippen molar-refractivity contribution in [1.29, 1.82) is 0 Å². The van der Waals surface area contributed by atoms with Crippen LogP contribution in [0.25, 0.3) is 0 Å². The van der Waals surface area contributed by atoms with E-state index < -0.39 is 5.97 Å². The van der Waals surface area contributed by atoms with Crippen LogP contribution in [0.2, 0.25) is 0 Å². The summed E-state index contributed by atoms with van der Waals surface area (Å²) in [7, 11) is 0. The van der Waals surface area contributed by atoms with Gasteiger partial charge in [-0.3, -0.25) is 9.59 Å². The molecule has 0 aromatic heterocycles. The zero-order valence-electron chi connectivity index (χ0n) is 7.95. The lowest BCUT2D eigenvalue weighted by Crippen LogP contribution is -2.16. The molecule has 0 amide bonds. The molecule has 3 heteroatoms. The second kappa shape index (κ2) is 4.21. The van der Waals surface area contributed by atoms with E-state index in [9.17, 15) is 9.59 Å². The SMILES string of the molecule is C/C=C/C(CC)C1CC(=O)OC1=O. The van der Waals surface area contributed by atoms with Gasteiger partial charge in [0.25, 0.3) is 0 Å². The van der Waals surface area contributed by atoms with E-state index in [1.807, 2.05) is 26.0 Å². The number of esters is 2. The van der Waals surface area contributed by atoms with Crippen molar-refractivity contribution in [2.24, 2.45) is 11.8 Å². The molecule has 0 bridgehead atoms. The third-order valence-corrected chi connectivity index (χ3v) is 2.33. The molecular weight excluding hydrogens is 168 g/mol. The van der Waals surface area contributed by atoms with Gasteiger partial charge in [-0.15, -0.1) is 0 Å². The summed E-state index contributed by atoms with van der Waals surface area (Å²) in [5.74, 6) is -0.870. The fraction of sp³-hybridized carbons (Fsp3) is 0.600. The largest absolute Gasteiger partial charge is 0.393 e. The number of hydrogen-bond donors (Lipinski definition) is 0. The smallest absolute Gasteiger partial charge is 0.317 e. The van der Waals surface area contributed by atoms with Crippen LogP contribution in [0.3, 0.4) is 0 Å². The van der Waals surface area contributed by atoms with Gasteiger partial charge in [0, 0.05) is 0 Å². The maximum atomic E-state index is 11.2. The van der Waals surface area contributed by atoms with Gasteiger partial charge >= 0.3 is 11.9 Å². The molecule has 72 valence electrons. The van der Waals surface area contributed by atoms with Gasteiger partial charge in [0.1, 0.15) is 0 Å². The first-order valence-electron chi connectivity index (χ1n) is 4.56. The fourth-order valence-electron chi connectivity index (χ4n) is 1.62. The van der Waals surface area contributed by atoms with Crippen molar-refractivity contribution < 1.29 is 14.3 Å². The lowest BCUT2D eigenvalue weighted by molar-refractivity contribution is -0.153. The molecule has 13 heavy (non-hydrogen) atoms. The third-order valence-electron chi connectivity index (χ3n) is 2.33. The molecule has 1 aliphatic rings. The minimum atomic E-state index is -0.391. The molecule has 0 N–H and O–H groups in total. The molecule has 0 spiro atoms. The van der Waals surface area contributed by atoms with E-state index in [4.69, 9.17) is 0 Å². The fourth-order valence-corrected chi connectivity index (χ4v) is 1.62. The normalized spacial score (nSPS) is 25.2. The van der Waals surface area contributed by atoms with E-state index in [1.165, 1.54) is 0 Å². The molecule has 1 aliphatic heterocycles. The second-order valence-corrected chi connectivity index (χ2v) is 3.20. The predicted molar refractivity (Wildman–Crippen MR) is 47.8 cm³/mol. The predicted octanol–water partition coefficient (Wildman–Crippen LogP) is 1.68. The Morgan fingerprint density at radius 3 is 2.69 bits per heavy atom. The minimum Gasteiger partial charge on any atom is -0.393 e. The molecule has 2 unspecified atom stereocenters. The number of cyclic esters (lactones) is 2. The molecule has 2 atom stereocenters. The summed E-state index contributed by atoms with van der Waals surface area (Å²) in [5, 5.41) is 0. The Morgan fingerprint density at radius 2 is 2.31 bits per heavy atom. The number of ether oxygens (including phenoxy) is 1. The van der Waals surface area contributed by atoms with Gasteiger partial charge in [-0.2, -0.15) is 0 Å². The molecule has 0 aromatic rings. The van der Waals surface area contributed by atoms with Gasteiger partial charge in [0.05, 0.1) is 12.3 Å². The van der Waals surface area contributed by atoms with Crippen LogP contribution in [0, 0.1) is 11.8 Å². The van der Waals surface area contributed by atoms with Gasteiger partial charge in [-0.05, 0) is 19.3 Å². The summed E-state index contributed by atoms with van der Waals surface area (Å²) in [6.45, 7) is 3.91. The van der Waals surface area contributed by atoms with Crippen LogP contribution < -0.4 is 0 Å². The average molecular weight is 182 g/mol. The molecular formula is C10H14O3. The number of carbonyl (C=O) groups is 2. The van der Waals surface area contributed by atoms with Crippen molar-refractivity contribution in [3.63, 3.8) is 0 Å². The zero-order chi connectivity index (χ0) is 9.84. The summed E-state index contributed by atoms with van der Waals surface area (Å²) in [4.78, 5) is 22.0. The van der Waals surface area contributed by atoms with Crippen LogP contribution in [0.4, 0.5) is 0 Å². The molecule has 0 aromatic carbocycles. The molecule has 0 saturated carbocycles. The van der Waals surface area contributed by atoms with Crippen LogP contribution in [0.1, 0.15) is 26.7 Å². The molecule has 1 heterocycles. The van der Waals surface area contributed by atoms with E-state index in [1.54, 1.807) is 0 Å². The van der Waals surface area contributed by atoms with Crippen LogP contribution in [0.5, 0.6) is 0 Å². The standard InChI is InChI=1S/C10H14O3/c1-3-5-7(4-2)8-6-9(11)13-10(8)12/h3,5,7-8H,4,6H2,1-2H3/b5-3+. The van der Waals surface area contributed by atoms with Crippen LogP contribution in [0.15, 0.2) is 12.2 Å². The Balaban J connectivity index is 2.69. The topological polar surface area (TPSA) is 43.4 Å². The van der Waals surface area contributed by atoms with E-state index in [-0.39, 0.29) is 24.2 Å². The summed E-state index contributed by atoms with van der Waals surface area (Å²) in [5.41, 5.74) is 0. The quantitative estimate of drug-likeness (QED) is 0.379. The van der Waals surface area contributed by atoms with Crippen molar-refractivity contribution >= 4 is 11.9 Å². The van der Waals surface area contributed by atoms with Crippen molar-refractivity contribution in [3.8, 4) is 0 Å². The molecule has 1 saturated heterocycles. The molecule has 1 rings (SSSR count). The van der Waals surface area contributed by atoms with Crippen LogP contribution >= 0.6 is 0 Å². The lowest BCUT2D eigenvalue weighted by Gasteiger charge is -2.12. The highest BCUT2D eigenvalue weighted by Gasteiger charge is 2.37. The maximum Gasteiger partial charge on any atom is 0.317 e. The summed E-state index contributed by atoms with van der Waals surface area (Å²) in [6.07, 6.45) is 4.97. The van der Waals surface area contributed by atoms with Crippen LogP contribution in [-0.4, -0.2) is 11.9 Å². The first-order chi connectivity index (χ1) is 6.19. The Labute approximate surface area is 77.8 Å². The van der Waals surface area contributed by atoms with Crippen molar-refractivity contribution in [1.82, 2.24) is 0 Å². The minimum absolute atomic E-state index is 0.143. The summed E-state index contributed by atoms with van der Waals surface area (Å²) < 4.78 is 4.49. The van der Waals surface area contributed by atoms with Gasteiger partial charge in [-0.1, -0.05) is 19.1 Å². The van der Waals surface area contributed by atoms with Crippen molar-refractivity contribution in [2.75, 3.05) is 0 Å². The van der Waals surface area contributed by atoms with E-state index in [2.05, 4.69) is 4.74 Å². The van der Waals surface area contributed by atoms with E-state index in [0.29, 0.717) is 0 Å². The third kappa shape index (κ3) is 2.17. The van der Waals surface area contributed by atoms with Gasteiger partial charge in [-0.25, -0.2) is 0 Å². The Bertz CT molecular complexity index is 243. The van der Waals surface area contributed by atoms with Crippen molar-refractivity contribution in [2.45, 2.75) is 26.7 Å². The average Bonchev–Trinajstić information content (AvgIpc) is 2.41. The number of hydrogen-bond acceptors (Lipinski definition) is 3. The first kappa shape index (κ1) is 9.96. The van der Waals surface area contributed by atoms with E-state index >= 15 is 0 Å². The zero-order valence-corrected chi connectivity index (χ0v) is 7.95. The number of rotatable bonds is 3. The lowest BCUT2D eigenvalue weighted by atomic mass is 9.88. The van der Waals surface area contributed by atoms with Gasteiger partial charge in [0.15, 0.2) is 0 Å². The van der Waals surface area contributed by atoms with Gasteiger partial charge in [0.2, 0.25) is 0 Å². The Hall–Kier alpha value is -1.12. The summed E-state index contributed by atoms with van der Waals surface area (Å²) >= 11 is 0. The van der Waals surface area contributed by atoms with Gasteiger partial charge < -0.3 is 4.74 Å². The highest BCUT2D eigenvalue weighted by Crippen LogP contribution is 2.27.